The molecule has 1 aromatic rings. The average Bonchev–Trinajstić information content (AvgIpc) is 2.52. The summed E-state index contributed by atoms with van der Waals surface area (Å²) in [5.74, 6) is -1.64. The first kappa shape index (κ1) is 18.0. The summed E-state index contributed by atoms with van der Waals surface area (Å²) in [6.45, 7) is 1.24. The van der Waals surface area contributed by atoms with E-state index in [1.54, 1.807) is 6.92 Å². The van der Waals surface area contributed by atoms with Crippen LogP contribution in [0, 0.1) is 5.82 Å². The molecule has 0 spiro atoms. The number of benzene rings is 1. The second kappa shape index (κ2) is 9.04. The van der Waals surface area contributed by atoms with Crippen LogP contribution in [0.3, 0.4) is 0 Å². The van der Waals surface area contributed by atoms with E-state index in [1.807, 2.05) is 0 Å². The molecule has 0 saturated heterocycles. The summed E-state index contributed by atoms with van der Waals surface area (Å²) in [5.41, 5.74) is 0.474. The smallest absolute Gasteiger partial charge is 0.319 e. The molecule has 1 rings (SSSR count). The summed E-state index contributed by atoms with van der Waals surface area (Å²) in [4.78, 5) is 34.2. The van der Waals surface area contributed by atoms with E-state index in [-0.39, 0.29) is 24.1 Å². The molecule has 0 aromatic heterocycles. The number of carbonyl (C=O) groups is 3. The Balaban J connectivity index is 2.32. The molecular formula is C14H17FN2O4S. The maximum absolute atomic E-state index is 12.7. The number of ether oxygens (including phenoxy) is 1. The van der Waals surface area contributed by atoms with Crippen LogP contribution in [0.15, 0.2) is 24.3 Å². The SMILES string of the molecule is CNC(=O)COC(=O)[C@H](C)SCC(=O)Nc1ccc(F)cc1. The van der Waals surface area contributed by atoms with Gasteiger partial charge in [0.05, 0.1) is 5.75 Å². The van der Waals surface area contributed by atoms with Crippen molar-refractivity contribution in [1.29, 1.82) is 0 Å². The lowest BCUT2D eigenvalue weighted by molar-refractivity contribution is -0.147. The second-order valence-electron chi connectivity index (χ2n) is 4.29. The van der Waals surface area contributed by atoms with Crippen molar-refractivity contribution in [3.05, 3.63) is 30.1 Å². The molecule has 0 bridgehead atoms. The van der Waals surface area contributed by atoms with Gasteiger partial charge in [0.25, 0.3) is 5.91 Å². The lowest BCUT2D eigenvalue weighted by Crippen LogP contribution is -2.28. The Morgan fingerprint density at radius 3 is 2.45 bits per heavy atom. The van der Waals surface area contributed by atoms with E-state index in [0.717, 1.165) is 11.8 Å². The number of nitrogens with one attached hydrogen (secondary N) is 2. The van der Waals surface area contributed by atoms with Crippen molar-refractivity contribution in [1.82, 2.24) is 5.32 Å². The number of hydrogen-bond acceptors (Lipinski definition) is 5. The van der Waals surface area contributed by atoms with Crippen LogP contribution in [0.2, 0.25) is 0 Å². The van der Waals surface area contributed by atoms with Gasteiger partial charge >= 0.3 is 5.97 Å². The molecule has 0 heterocycles. The molecule has 0 radical (unpaired) electrons. The summed E-state index contributed by atoms with van der Waals surface area (Å²) < 4.78 is 17.5. The topological polar surface area (TPSA) is 84.5 Å². The van der Waals surface area contributed by atoms with Crippen molar-refractivity contribution >= 4 is 35.2 Å². The van der Waals surface area contributed by atoms with Crippen molar-refractivity contribution in [2.75, 3.05) is 24.7 Å². The van der Waals surface area contributed by atoms with Gasteiger partial charge in [-0.05, 0) is 31.2 Å². The van der Waals surface area contributed by atoms with Gasteiger partial charge in [-0.25, -0.2) is 4.39 Å². The zero-order valence-electron chi connectivity index (χ0n) is 12.2. The minimum Gasteiger partial charge on any atom is -0.455 e. The van der Waals surface area contributed by atoms with Crippen LogP contribution in [-0.2, 0) is 19.1 Å². The first-order chi connectivity index (χ1) is 10.4. The van der Waals surface area contributed by atoms with Crippen LogP contribution in [0.25, 0.3) is 0 Å². The molecule has 1 atom stereocenters. The van der Waals surface area contributed by atoms with Crippen LogP contribution in [0.4, 0.5) is 10.1 Å². The largest absolute Gasteiger partial charge is 0.455 e. The van der Waals surface area contributed by atoms with E-state index in [1.165, 1.54) is 31.3 Å². The van der Waals surface area contributed by atoms with Crippen molar-refractivity contribution in [3.8, 4) is 0 Å². The zero-order valence-corrected chi connectivity index (χ0v) is 13.0. The molecule has 22 heavy (non-hydrogen) atoms. The van der Waals surface area contributed by atoms with E-state index in [9.17, 15) is 18.8 Å². The number of likely N-dealkylation sites (N-methyl/N-ethyl adjacent to an activating group) is 1. The average molecular weight is 328 g/mol. The molecule has 0 aliphatic heterocycles. The maximum atomic E-state index is 12.7. The van der Waals surface area contributed by atoms with Crippen LogP contribution in [0.5, 0.6) is 0 Å². The predicted molar refractivity (Wildman–Crippen MR) is 82.0 cm³/mol. The Morgan fingerprint density at radius 1 is 1.23 bits per heavy atom. The van der Waals surface area contributed by atoms with Crippen LogP contribution in [0.1, 0.15) is 6.92 Å². The van der Waals surface area contributed by atoms with Crippen molar-refractivity contribution < 1.29 is 23.5 Å². The van der Waals surface area contributed by atoms with Crippen LogP contribution < -0.4 is 10.6 Å². The van der Waals surface area contributed by atoms with Crippen molar-refractivity contribution in [2.45, 2.75) is 12.2 Å². The van der Waals surface area contributed by atoms with Gasteiger partial charge in [-0.2, -0.15) is 0 Å². The lowest BCUT2D eigenvalue weighted by atomic mass is 10.3. The van der Waals surface area contributed by atoms with Gasteiger partial charge in [0.15, 0.2) is 6.61 Å². The third-order valence-electron chi connectivity index (χ3n) is 2.55. The monoisotopic (exact) mass is 328 g/mol. The van der Waals surface area contributed by atoms with E-state index in [2.05, 4.69) is 10.6 Å². The summed E-state index contributed by atoms with van der Waals surface area (Å²) >= 11 is 1.08. The first-order valence-corrected chi connectivity index (χ1v) is 7.51. The van der Waals surface area contributed by atoms with Gasteiger partial charge in [-0.3, -0.25) is 14.4 Å². The third-order valence-corrected chi connectivity index (χ3v) is 3.67. The quantitative estimate of drug-likeness (QED) is 0.734. The Kier molecular flexibility index (Phi) is 7.38. The van der Waals surface area contributed by atoms with Gasteiger partial charge in [-0.15, -0.1) is 11.8 Å². The Labute approximate surface area is 131 Å². The summed E-state index contributed by atoms with van der Waals surface area (Å²) in [6.07, 6.45) is 0. The molecule has 120 valence electrons. The maximum Gasteiger partial charge on any atom is 0.319 e. The number of halogens is 1. The highest BCUT2D eigenvalue weighted by molar-refractivity contribution is 8.01. The number of amides is 2. The van der Waals surface area contributed by atoms with Crippen LogP contribution in [-0.4, -0.2) is 42.4 Å². The molecule has 6 nitrogen and oxygen atoms in total. The van der Waals surface area contributed by atoms with E-state index in [0.29, 0.717) is 5.69 Å². The fourth-order valence-corrected chi connectivity index (χ4v) is 2.00. The van der Waals surface area contributed by atoms with E-state index < -0.39 is 17.1 Å². The molecule has 0 aliphatic rings. The summed E-state index contributed by atoms with van der Waals surface area (Å²) in [7, 11) is 1.44. The van der Waals surface area contributed by atoms with Gasteiger partial charge in [0, 0.05) is 12.7 Å². The number of carbonyl (C=O) groups excluding carboxylic acids is 3. The zero-order chi connectivity index (χ0) is 16.5. The highest BCUT2D eigenvalue weighted by atomic mass is 32.2. The van der Waals surface area contributed by atoms with Gasteiger partial charge in [-0.1, -0.05) is 0 Å². The number of rotatable bonds is 7. The van der Waals surface area contributed by atoms with E-state index in [4.69, 9.17) is 4.74 Å². The number of anilines is 1. The summed E-state index contributed by atoms with van der Waals surface area (Å²) in [6, 6.07) is 5.36. The highest BCUT2D eigenvalue weighted by Gasteiger charge is 2.17. The standard InChI is InChI=1S/C14H17FN2O4S/c1-9(14(20)21-7-12(18)16-2)22-8-13(19)17-11-5-3-10(15)4-6-11/h3-6,9H,7-8H2,1-2H3,(H,16,18)(H,17,19)/t9-/m0/s1. The Hall–Kier alpha value is -2.09. The number of hydrogen-bond donors (Lipinski definition) is 2. The minimum absolute atomic E-state index is 0.0353. The van der Waals surface area contributed by atoms with Crippen LogP contribution >= 0.6 is 11.8 Å². The molecular weight excluding hydrogens is 311 g/mol. The van der Waals surface area contributed by atoms with E-state index >= 15 is 0 Å². The molecule has 1 aromatic carbocycles. The molecule has 0 fully saturated rings. The fourth-order valence-electron chi connectivity index (χ4n) is 1.33. The van der Waals surface area contributed by atoms with Crippen molar-refractivity contribution in [2.24, 2.45) is 0 Å². The predicted octanol–water partition coefficient (Wildman–Crippen LogP) is 1.18. The molecule has 2 amide bonds. The Bertz CT molecular complexity index is 536. The second-order valence-corrected chi connectivity index (χ2v) is 5.62. The van der Waals surface area contributed by atoms with Gasteiger partial charge in [0.2, 0.25) is 5.91 Å². The summed E-state index contributed by atoms with van der Waals surface area (Å²) in [5, 5.41) is 4.33. The number of thioether (sulfide) groups is 1. The normalized spacial score (nSPS) is 11.4. The minimum atomic E-state index is -0.580. The van der Waals surface area contributed by atoms with Gasteiger partial charge < -0.3 is 15.4 Å². The molecule has 0 unspecified atom stereocenters. The fraction of sp³-hybridized carbons (Fsp3) is 0.357. The van der Waals surface area contributed by atoms with Gasteiger partial charge in [0.1, 0.15) is 11.1 Å². The number of esters is 1. The molecule has 8 heteroatoms. The lowest BCUT2D eigenvalue weighted by Gasteiger charge is -2.11. The molecule has 0 aliphatic carbocycles. The first-order valence-electron chi connectivity index (χ1n) is 6.46. The molecule has 2 N–H and O–H groups in total. The van der Waals surface area contributed by atoms with Crippen molar-refractivity contribution in [3.63, 3.8) is 0 Å². The Morgan fingerprint density at radius 2 is 1.86 bits per heavy atom. The third kappa shape index (κ3) is 6.57. The molecule has 0 saturated carbocycles. The highest BCUT2D eigenvalue weighted by Crippen LogP contribution is 2.14.